The van der Waals surface area contributed by atoms with Crippen molar-refractivity contribution in [2.75, 3.05) is 13.2 Å². The van der Waals surface area contributed by atoms with E-state index in [9.17, 15) is 14.4 Å². The predicted octanol–water partition coefficient (Wildman–Crippen LogP) is 21.4. The van der Waals surface area contributed by atoms with Crippen molar-refractivity contribution < 1.29 is 28.6 Å². The lowest BCUT2D eigenvalue weighted by atomic mass is 10.0. The van der Waals surface area contributed by atoms with Gasteiger partial charge in [0.05, 0.1) is 0 Å². The van der Waals surface area contributed by atoms with Crippen molar-refractivity contribution in [3.05, 3.63) is 24.3 Å². The summed E-state index contributed by atoms with van der Waals surface area (Å²) in [6.07, 6.45) is 72.2. The van der Waals surface area contributed by atoms with Gasteiger partial charge in [-0.1, -0.05) is 289 Å². The molecule has 1 atom stereocenters. The molecular formula is C65H122O6. The Morgan fingerprint density at radius 3 is 0.704 bits per heavy atom. The highest BCUT2D eigenvalue weighted by atomic mass is 16.6. The minimum absolute atomic E-state index is 0.0674. The highest BCUT2D eigenvalue weighted by Gasteiger charge is 2.19. The summed E-state index contributed by atoms with van der Waals surface area (Å²) >= 11 is 0. The van der Waals surface area contributed by atoms with E-state index < -0.39 is 6.10 Å². The standard InChI is InChI=1S/C65H122O6/c1-4-7-10-13-16-18-20-22-24-26-28-29-30-31-32-33-34-35-37-38-40-42-44-46-49-52-55-58-64(67)70-61-62(60-69-63(66)57-54-51-48-15-12-9-6-3)71-65(68)59-56-53-50-47-45-43-41-39-36-27-25-23-21-19-17-14-11-8-5-2/h23,25-26,28,62H,4-22,24,27,29-61H2,1-3H3/b25-23-,28-26-. The summed E-state index contributed by atoms with van der Waals surface area (Å²) in [5.41, 5.74) is 0. The van der Waals surface area contributed by atoms with Gasteiger partial charge in [-0.25, -0.2) is 0 Å². The molecule has 0 radical (unpaired) electrons. The smallest absolute Gasteiger partial charge is 0.306 e. The molecule has 1 unspecified atom stereocenters. The van der Waals surface area contributed by atoms with Crippen LogP contribution in [0.4, 0.5) is 0 Å². The topological polar surface area (TPSA) is 78.9 Å². The molecular weight excluding hydrogens is 877 g/mol. The molecule has 0 rings (SSSR count). The first-order valence-corrected chi connectivity index (χ1v) is 31.8. The molecule has 0 fully saturated rings. The van der Waals surface area contributed by atoms with E-state index in [2.05, 4.69) is 45.1 Å². The quantitative estimate of drug-likeness (QED) is 0.0261. The molecule has 0 aromatic carbocycles. The second-order valence-electron chi connectivity index (χ2n) is 21.7. The molecule has 0 aliphatic rings. The normalized spacial score (nSPS) is 12.1. The van der Waals surface area contributed by atoms with Gasteiger partial charge in [0.15, 0.2) is 6.10 Å². The van der Waals surface area contributed by atoms with Gasteiger partial charge < -0.3 is 14.2 Å². The predicted molar refractivity (Wildman–Crippen MR) is 307 cm³/mol. The van der Waals surface area contributed by atoms with Gasteiger partial charge in [-0.15, -0.1) is 0 Å². The molecule has 0 saturated heterocycles. The van der Waals surface area contributed by atoms with E-state index in [-0.39, 0.29) is 31.1 Å². The number of unbranched alkanes of at least 4 members (excludes halogenated alkanes) is 44. The van der Waals surface area contributed by atoms with E-state index in [1.54, 1.807) is 0 Å². The SMILES string of the molecule is CCCCCCCC/C=C\CCCCCCCCCCCC(=O)OC(COC(=O)CCCCCCCCC)COC(=O)CCCCCCCCCCCCCCCCC/C=C\CCCCCCCCCC. The van der Waals surface area contributed by atoms with Crippen LogP contribution in [0.5, 0.6) is 0 Å². The molecule has 0 aliphatic carbocycles. The summed E-state index contributed by atoms with van der Waals surface area (Å²) in [7, 11) is 0. The van der Waals surface area contributed by atoms with Gasteiger partial charge in [-0.2, -0.15) is 0 Å². The van der Waals surface area contributed by atoms with Crippen molar-refractivity contribution in [1.82, 2.24) is 0 Å². The maximum Gasteiger partial charge on any atom is 0.306 e. The van der Waals surface area contributed by atoms with Crippen molar-refractivity contribution >= 4 is 17.9 Å². The molecule has 0 aromatic heterocycles. The highest BCUT2D eigenvalue weighted by molar-refractivity contribution is 5.71. The Kier molecular flexibility index (Phi) is 58.6. The zero-order valence-corrected chi connectivity index (χ0v) is 48.0. The molecule has 0 N–H and O–H groups in total. The summed E-state index contributed by atoms with van der Waals surface area (Å²) in [6.45, 7) is 6.65. The minimum atomic E-state index is -0.767. The van der Waals surface area contributed by atoms with Gasteiger partial charge >= 0.3 is 17.9 Å². The molecule has 0 amide bonds. The van der Waals surface area contributed by atoms with Crippen LogP contribution in [0.15, 0.2) is 24.3 Å². The van der Waals surface area contributed by atoms with E-state index in [1.165, 1.54) is 257 Å². The maximum atomic E-state index is 12.8. The Bertz CT molecular complexity index is 1150. The van der Waals surface area contributed by atoms with Crippen LogP contribution in [0.25, 0.3) is 0 Å². The van der Waals surface area contributed by atoms with Gasteiger partial charge in [0.2, 0.25) is 0 Å². The highest BCUT2D eigenvalue weighted by Crippen LogP contribution is 2.17. The average Bonchev–Trinajstić information content (AvgIpc) is 3.37. The zero-order valence-electron chi connectivity index (χ0n) is 48.0. The minimum Gasteiger partial charge on any atom is -0.462 e. The lowest BCUT2D eigenvalue weighted by Gasteiger charge is -2.18. The molecule has 0 aromatic rings. The van der Waals surface area contributed by atoms with Crippen LogP contribution in [0.2, 0.25) is 0 Å². The van der Waals surface area contributed by atoms with E-state index >= 15 is 0 Å². The van der Waals surface area contributed by atoms with Crippen LogP contribution < -0.4 is 0 Å². The molecule has 0 spiro atoms. The van der Waals surface area contributed by atoms with Crippen molar-refractivity contribution in [3.8, 4) is 0 Å². The van der Waals surface area contributed by atoms with Crippen molar-refractivity contribution in [1.29, 1.82) is 0 Å². The third-order valence-electron chi connectivity index (χ3n) is 14.4. The second-order valence-corrected chi connectivity index (χ2v) is 21.7. The maximum absolute atomic E-state index is 12.8. The van der Waals surface area contributed by atoms with E-state index in [4.69, 9.17) is 14.2 Å². The molecule has 0 bridgehead atoms. The number of esters is 3. The molecule has 0 heterocycles. The van der Waals surface area contributed by atoms with Crippen molar-refractivity contribution in [2.24, 2.45) is 0 Å². The second kappa shape index (κ2) is 60.4. The summed E-state index contributed by atoms with van der Waals surface area (Å²) in [6, 6.07) is 0. The lowest BCUT2D eigenvalue weighted by Crippen LogP contribution is -2.30. The monoisotopic (exact) mass is 999 g/mol. The largest absolute Gasteiger partial charge is 0.462 e. The number of hydrogen-bond donors (Lipinski definition) is 0. The van der Waals surface area contributed by atoms with Crippen molar-refractivity contribution in [2.45, 2.75) is 361 Å². The van der Waals surface area contributed by atoms with Gasteiger partial charge in [-0.05, 0) is 70.6 Å². The molecule has 0 saturated carbocycles. The molecule has 6 heteroatoms. The fourth-order valence-corrected chi connectivity index (χ4v) is 9.61. The lowest BCUT2D eigenvalue weighted by molar-refractivity contribution is -0.167. The third kappa shape index (κ3) is 58.7. The molecule has 418 valence electrons. The Hall–Kier alpha value is -2.11. The summed E-state index contributed by atoms with van der Waals surface area (Å²) in [5, 5.41) is 0. The van der Waals surface area contributed by atoms with E-state index in [1.807, 2.05) is 0 Å². The molecule has 6 nitrogen and oxygen atoms in total. The first-order chi connectivity index (χ1) is 35.0. The first-order valence-electron chi connectivity index (χ1n) is 31.8. The van der Waals surface area contributed by atoms with Gasteiger partial charge in [-0.3, -0.25) is 14.4 Å². The Labute approximate surface area is 443 Å². The van der Waals surface area contributed by atoms with Crippen LogP contribution in [-0.4, -0.2) is 37.2 Å². The first kappa shape index (κ1) is 68.9. The Balaban J connectivity index is 4.06. The zero-order chi connectivity index (χ0) is 51.4. The number of ether oxygens (including phenoxy) is 3. The van der Waals surface area contributed by atoms with E-state index in [0.29, 0.717) is 19.3 Å². The van der Waals surface area contributed by atoms with Gasteiger partial charge in [0, 0.05) is 19.3 Å². The van der Waals surface area contributed by atoms with Gasteiger partial charge in [0.1, 0.15) is 13.2 Å². The van der Waals surface area contributed by atoms with Crippen LogP contribution in [0, 0.1) is 0 Å². The average molecular weight is 1000 g/mol. The van der Waals surface area contributed by atoms with Crippen LogP contribution in [0.1, 0.15) is 355 Å². The summed E-state index contributed by atoms with van der Waals surface area (Å²) < 4.78 is 16.8. The Morgan fingerprint density at radius 1 is 0.268 bits per heavy atom. The third-order valence-corrected chi connectivity index (χ3v) is 14.4. The number of rotatable bonds is 59. The Morgan fingerprint density at radius 2 is 0.465 bits per heavy atom. The number of carbonyl (C=O) groups is 3. The van der Waals surface area contributed by atoms with Crippen molar-refractivity contribution in [3.63, 3.8) is 0 Å². The fourth-order valence-electron chi connectivity index (χ4n) is 9.61. The van der Waals surface area contributed by atoms with Gasteiger partial charge in [0.25, 0.3) is 0 Å². The fraction of sp³-hybridized carbons (Fsp3) is 0.892. The number of hydrogen-bond acceptors (Lipinski definition) is 6. The molecule has 0 aliphatic heterocycles. The number of carbonyl (C=O) groups excluding carboxylic acids is 3. The van der Waals surface area contributed by atoms with E-state index in [0.717, 1.165) is 57.8 Å². The number of allylic oxidation sites excluding steroid dienone is 4. The van der Waals surface area contributed by atoms with Crippen LogP contribution >= 0.6 is 0 Å². The molecule has 71 heavy (non-hydrogen) atoms. The van der Waals surface area contributed by atoms with Crippen LogP contribution in [-0.2, 0) is 28.6 Å². The van der Waals surface area contributed by atoms with Crippen LogP contribution in [0.3, 0.4) is 0 Å². The summed E-state index contributed by atoms with van der Waals surface area (Å²) in [4.78, 5) is 38.0. The summed E-state index contributed by atoms with van der Waals surface area (Å²) in [5.74, 6) is -0.854.